The largest absolute Gasteiger partial charge is 0.481 e. The Morgan fingerprint density at radius 2 is 2.19 bits per heavy atom. The van der Waals surface area contributed by atoms with Crippen molar-refractivity contribution in [1.82, 2.24) is 10.1 Å². The number of aliphatic carboxylic acids is 1. The van der Waals surface area contributed by atoms with Crippen molar-refractivity contribution in [2.45, 2.75) is 39.2 Å². The van der Waals surface area contributed by atoms with Crippen molar-refractivity contribution in [3.8, 4) is 0 Å². The van der Waals surface area contributed by atoms with Gasteiger partial charge in [-0.1, -0.05) is 5.16 Å². The van der Waals surface area contributed by atoms with Crippen molar-refractivity contribution >= 4 is 11.9 Å². The van der Waals surface area contributed by atoms with E-state index in [1.807, 2.05) is 13.8 Å². The van der Waals surface area contributed by atoms with Crippen LogP contribution >= 0.6 is 0 Å². The Bertz CT molecular complexity index is 520. The lowest BCUT2D eigenvalue weighted by Gasteiger charge is -2.34. The average Bonchev–Trinajstić information content (AvgIpc) is 2.76. The van der Waals surface area contributed by atoms with Gasteiger partial charge in [-0.3, -0.25) is 9.59 Å². The summed E-state index contributed by atoms with van der Waals surface area (Å²) in [5.74, 6) is -0.695. The van der Waals surface area contributed by atoms with Crippen LogP contribution in [0.4, 0.5) is 0 Å². The zero-order valence-corrected chi connectivity index (χ0v) is 12.5. The average molecular weight is 296 g/mol. The predicted octanol–water partition coefficient (Wildman–Crippen LogP) is 1.10. The molecule has 1 aliphatic rings. The summed E-state index contributed by atoms with van der Waals surface area (Å²) in [7, 11) is 0. The van der Waals surface area contributed by atoms with Crippen molar-refractivity contribution in [1.29, 1.82) is 0 Å². The van der Waals surface area contributed by atoms with Gasteiger partial charge in [-0.25, -0.2) is 0 Å². The molecule has 0 spiro atoms. The second-order valence-electron chi connectivity index (χ2n) is 5.33. The van der Waals surface area contributed by atoms with E-state index in [4.69, 9.17) is 14.4 Å². The number of nitrogens with zero attached hydrogens (tertiary/aromatic N) is 2. The van der Waals surface area contributed by atoms with Gasteiger partial charge in [0.2, 0.25) is 5.91 Å². The zero-order valence-electron chi connectivity index (χ0n) is 12.5. The molecule has 7 nitrogen and oxygen atoms in total. The minimum atomic E-state index is -0.923. The molecule has 0 bridgehead atoms. The maximum atomic E-state index is 12.6. The normalized spacial score (nSPS) is 20.3. The molecule has 0 unspecified atom stereocenters. The number of aryl methyl sites for hydroxylation is 2. The van der Waals surface area contributed by atoms with E-state index in [2.05, 4.69) is 5.16 Å². The third-order valence-corrected chi connectivity index (χ3v) is 3.74. The molecule has 0 saturated carbocycles. The first-order valence-corrected chi connectivity index (χ1v) is 6.95. The van der Waals surface area contributed by atoms with Crippen LogP contribution in [0.1, 0.15) is 36.3 Å². The van der Waals surface area contributed by atoms with E-state index in [1.54, 1.807) is 11.8 Å². The molecular formula is C14H20N2O5. The molecule has 0 radical (unpaired) electrons. The summed E-state index contributed by atoms with van der Waals surface area (Å²) in [6.45, 7) is 6.55. The Morgan fingerprint density at radius 3 is 2.76 bits per heavy atom. The Kier molecular flexibility index (Phi) is 4.62. The van der Waals surface area contributed by atoms with Crippen LogP contribution in [0.15, 0.2) is 4.52 Å². The highest BCUT2D eigenvalue weighted by molar-refractivity contribution is 5.84. The first-order chi connectivity index (χ1) is 9.90. The van der Waals surface area contributed by atoms with E-state index < -0.39 is 12.1 Å². The zero-order chi connectivity index (χ0) is 15.6. The summed E-state index contributed by atoms with van der Waals surface area (Å²) in [6.07, 6.45) is -0.541. The van der Waals surface area contributed by atoms with E-state index in [1.165, 1.54) is 0 Å². The van der Waals surface area contributed by atoms with Crippen molar-refractivity contribution in [3.05, 3.63) is 17.0 Å². The molecule has 1 amide bonds. The number of aromatic nitrogens is 1. The van der Waals surface area contributed by atoms with Crippen LogP contribution < -0.4 is 0 Å². The summed E-state index contributed by atoms with van der Waals surface area (Å²) in [5, 5.41) is 12.7. The van der Waals surface area contributed by atoms with E-state index >= 15 is 0 Å². The topological polar surface area (TPSA) is 92.9 Å². The SMILES string of the molecule is Cc1noc(C)c1[C@@H](C)C(=O)N1CCO[C@H](CC(=O)O)C1. The smallest absolute Gasteiger partial charge is 0.306 e. The van der Waals surface area contributed by atoms with Gasteiger partial charge in [-0.05, 0) is 20.8 Å². The molecule has 1 saturated heterocycles. The van der Waals surface area contributed by atoms with Gasteiger partial charge in [0.1, 0.15) is 5.76 Å². The Labute approximate surface area is 122 Å². The minimum absolute atomic E-state index is 0.0527. The van der Waals surface area contributed by atoms with Crippen molar-refractivity contribution < 1.29 is 24.0 Å². The standard InChI is InChI=1S/C14H20N2O5/c1-8(13-9(2)15-21-10(13)3)14(19)16-4-5-20-11(7-16)6-12(17)18/h8,11H,4-7H2,1-3H3,(H,17,18)/t8-,11-/m1/s1. The Balaban J connectivity index is 2.07. The van der Waals surface area contributed by atoms with Crippen LogP contribution in [-0.2, 0) is 14.3 Å². The third-order valence-electron chi connectivity index (χ3n) is 3.74. The number of carboxylic acids is 1. The lowest BCUT2D eigenvalue weighted by Crippen LogP contribution is -2.47. The van der Waals surface area contributed by atoms with Gasteiger partial charge in [0.15, 0.2) is 0 Å². The first kappa shape index (κ1) is 15.5. The Hall–Kier alpha value is -1.89. The molecule has 2 heterocycles. The third kappa shape index (κ3) is 3.41. The molecule has 0 aromatic carbocycles. The first-order valence-electron chi connectivity index (χ1n) is 6.95. The second kappa shape index (κ2) is 6.26. The number of carbonyl (C=O) groups excluding carboxylic acids is 1. The maximum Gasteiger partial charge on any atom is 0.306 e. The number of hydrogen-bond donors (Lipinski definition) is 1. The van der Waals surface area contributed by atoms with Gasteiger partial charge in [-0.15, -0.1) is 0 Å². The molecule has 2 rings (SSSR count). The quantitative estimate of drug-likeness (QED) is 0.894. The highest BCUT2D eigenvalue weighted by Gasteiger charge is 2.31. The Morgan fingerprint density at radius 1 is 1.48 bits per heavy atom. The summed E-state index contributed by atoms with van der Waals surface area (Å²) >= 11 is 0. The van der Waals surface area contributed by atoms with Crippen LogP contribution in [-0.4, -0.2) is 52.8 Å². The number of hydrogen-bond acceptors (Lipinski definition) is 5. The van der Waals surface area contributed by atoms with Crippen LogP contribution in [0.5, 0.6) is 0 Å². The summed E-state index contributed by atoms with van der Waals surface area (Å²) < 4.78 is 10.5. The monoisotopic (exact) mass is 296 g/mol. The highest BCUT2D eigenvalue weighted by Crippen LogP contribution is 2.25. The summed E-state index contributed by atoms with van der Waals surface area (Å²) in [6, 6.07) is 0. The molecule has 1 fully saturated rings. The summed E-state index contributed by atoms with van der Waals surface area (Å²) in [5.41, 5.74) is 1.52. The van der Waals surface area contributed by atoms with Crippen LogP contribution in [0.2, 0.25) is 0 Å². The molecule has 7 heteroatoms. The van der Waals surface area contributed by atoms with Gasteiger partial charge in [0.05, 0.1) is 30.7 Å². The number of carbonyl (C=O) groups is 2. The van der Waals surface area contributed by atoms with Gasteiger partial charge in [0.25, 0.3) is 0 Å². The minimum Gasteiger partial charge on any atom is -0.481 e. The van der Waals surface area contributed by atoms with Crippen molar-refractivity contribution in [2.75, 3.05) is 19.7 Å². The lowest BCUT2D eigenvalue weighted by atomic mass is 9.97. The predicted molar refractivity (Wildman–Crippen MR) is 73.0 cm³/mol. The van der Waals surface area contributed by atoms with Crippen LogP contribution in [0.3, 0.4) is 0 Å². The van der Waals surface area contributed by atoms with E-state index in [9.17, 15) is 9.59 Å². The number of morpholine rings is 1. The molecule has 116 valence electrons. The molecule has 2 atom stereocenters. The number of carboxylic acid groups (broad SMARTS) is 1. The fraction of sp³-hybridized carbons (Fsp3) is 0.643. The fourth-order valence-corrected chi connectivity index (χ4v) is 2.74. The lowest BCUT2D eigenvalue weighted by molar-refractivity contribution is -0.148. The molecule has 1 N–H and O–H groups in total. The maximum absolute atomic E-state index is 12.6. The highest BCUT2D eigenvalue weighted by atomic mass is 16.5. The van der Waals surface area contributed by atoms with Crippen molar-refractivity contribution in [3.63, 3.8) is 0 Å². The van der Waals surface area contributed by atoms with Gasteiger partial charge >= 0.3 is 5.97 Å². The molecule has 1 aromatic heterocycles. The molecule has 1 aliphatic heterocycles. The van der Waals surface area contributed by atoms with Gasteiger partial charge < -0.3 is 19.3 Å². The number of amides is 1. The van der Waals surface area contributed by atoms with E-state index in [0.717, 1.165) is 5.56 Å². The van der Waals surface area contributed by atoms with Gasteiger partial charge in [0, 0.05) is 18.7 Å². The van der Waals surface area contributed by atoms with Crippen LogP contribution in [0.25, 0.3) is 0 Å². The molecule has 1 aromatic rings. The number of ether oxygens (including phenoxy) is 1. The molecule has 21 heavy (non-hydrogen) atoms. The molecular weight excluding hydrogens is 276 g/mol. The second-order valence-corrected chi connectivity index (χ2v) is 5.33. The van der Waals surface area contributed by atoms with E-state index in [0.29, 0.717) is 31.2 Å². The number of rotatable bonds is 4. The summed E-state index contributed by atoms with van der Waals surface area (Å²) in [4.78, 5) is 25.0. The van der Waals surface area contributed by atoms with Crippen LogP contribution in [0, 0.1) is 13.8 Å². The van der Waals surface area contributed by atoms with Gasteiger partial charge in [-0.2, -0.15) is 0 Å². The fourth-order valence-electron chi connectivity index (χ4n) is 2.74. The van der Waals surface area contributed by atoms with E-state index in [-0.39, 0.29) is 18.2 Å². The van der Waals surface area contributed by atoms with Crippen molar-refractivity contribution in [2.24, 2.45) is 0 Å². The molecule has 0 aliphatic carbocycles.